The second-order valence-electron chi connectivity index (χ2n) is 3.71. The lowest BCUT2D eigenvalue weighted by molar-refractivity contribution is -0.0384. The molecule has 0 spiro atoms. The Morgan fingerprint density at radius 2 is 1.90 bits per heavy atom. The first-order chi connectivity index (χ1) is 9.39. The normalized spacial score (nSPS) is 13.3. The van der Waals surface area contributed by atoms with Gasteiger partial charge in [-0.2, -0.15) is 18.3 Å². The molecule has 0 aliphatic carbocycles. The van der Waals surface area contributed by atoms with Crippen LogP contribution in [0, 0.1) is 0 Å². The fourth-order valence-corrected chi connectivity index (χ4v) is 2.03. The van der Waals surface area contributed by atoms with Gasteiger partial charge >= 0.3 is 11.2 Å². The largest absolute Gasteiger partial charge is 0.471 e. The summed E-state index contributed by atoms with van der Waals surface area (Å²) in [5, 5.41) is 3.69. The van der Waals surface area contributed by atoms with Crippen molar-refractivity contribution in [3.05, 3.63) is 41.3 Å². The molecular formula is C10H9F3N4O2S. The lowest BCUT2D eigenvalue weighted by atomic mass is 10.4. The van der Waals surface area contributed by atoms with Crippen LogP contribution in [0.5, 0.6) is 0 Å². The third-order valence-electron chi connectivity index (χ3n) is 2.42. The molecule has 0 radical (unpaired) electrons. The SMILES string of the molecule is O=c1n(-c2ccncc2)cnn1CCS(=O)C(F)(F)F. The Morgan fingerprint density at radius 1 is 1.25 bits per heavy atom. The molecule has 0 saturated heterocycles. The van der Waals surface area contributed by atoms with Crippen LogP contribution >= 0.6 is 0 Å². The van der Waals surface area contributed by atoms with E-state index in [2.05, 4.69) is 10.1 Å². The molecule has 0 aromatic carbocycles. The minimum atomic E-state index is -4.78. The average Bonchev–Trinajstić information content (AvgIpc) is 2.77. The predicted octanol–water partition coefficient (Wildman–Crippen LogP) is 0.698. The van der Waals surface area contributed by atoms with Gasteiger partial charge in [-0.1, -0.05) is 0 Å². The molecule has 0 aliphatic heterocycles. The van der Waals surface area contributed by atoms with Gasteiger partial charge in [-0.3, -0.25) is 9.19 Å². The third-order valence-corrected chi connectivity index (χ3v) is 3.49. The quantitative estimate of drug-likeness (QED) is 0.833. The fourth-order valence-electron chi connectivity index (χ4n) is 1.46. The minimum absolute atomic E-state index is 0.372. The van der Waals surface area contributed by atoms with Gasteiger partial charge in [0.25, 0.3) is 0 Å². The zero-order chi connectivity index (χ0) is 14.8. The topological polar surface area (TPSA) is 69.8 Å². The number of halogens is 3. The maximum absolute atomic E-state index is 12.1. The molecule has 1 unspecified atom stereocenters. The summed E-state index contributed by atoms with van der Waals surface area (Å²) in [6, 6.07) is 3.11. The molecule has 0 bridgehead atoms. The van der Waals surface area contributed by atoms with Crippen molar-refractivity contribution in [3.63, 3.8) is 0 Å². The van der Waals surface area contributed by atoms with Crippen LogP contribution in [0.4, 0.5) is 13.2 Å². The monoisotopic (exact) mass is 306 g/mol. The van der Waals surface area contributed by atoms with E-state index in [0.717, 1.165) is 9.25 Å². The number of alkyl halides is 3. The highest BCUT2D eigenvalue weighted by Crippen LogP contribution is 2.19. The Labute approximate surface area is 113 Å². The maximum Gasteiger partial charge on any atom is 0.471 e. The van der Waals surface area contributed by atoms with Crippen LogP contribution < -0.4 is 5.69 Å². The minimum Gasteiger partial charge on any atom is -0.265 e. The Balaban J connectivity index is 2.15. The average molecular weight is 306 g/mol. The van der Waals surface area contributed by atoms with E-state index in [1.165, 1.54) is 18.7 Å². The summed E-state index contributed by atoms with van der Waals surface area (Å²) >= 11 is 0. The van der Waals surface area contributed by atoms with Crippen LogP contribution in [0.1, 0.15) is 0 Å². The van der Waals surface area contributed by atoms with E-state index in [9.17, 15) is 22.2 Å². The van der Waals surface area contributed by atoms with Gasteiger partial charge in [-0.25, -0.2) is 14.0 Å². The van der Waals surface area contributed by atoms with Crippen LogP contribution in [-0.2, 0) is 17.3 Å². The maximum atomic E-state index is 12.1. The van der Waals surface area contributed by atoms with E-state index >= 15 is 0 Å². The van der Waals surface area contributed by atoms with E-state index in [4.69, 9.17) is 0 Å². The van der Waals surface area contributed by atoms with Gasteiger partial charge in [-0.15, -0.1) is 0 Å². The number of rotatable bonds is 4. The van der Waals surface area contributed by atoms with Gasteiger partial charge in [0.1, 0.15) is 17.1 Å². The van der Waals surface area contributed by atoms with E-state index in [1.54, 1.807) is 12.1 Å². The van der Waals surface area contributed by atoms with E-state index in [-0.39, 0.29) is 6.54 Å². The number of hydrogen-bond donors (Lipinski definition) is 0. The number of nitrogens with zero attached hydrogens (tertiary/aromatic N) is 4. The first-order valence-electron chi connectivity index (χ1n) is 5.39. The summed E-state index contributed by atoms with van der Waals surface area (Å²) in [6.45, 7) is -0.372. The van der Waals surface area contributed by atoms with Gasteiger partial charge in [0.15, 0.2) is 0 Å². The van der Waals surface area contributed by atoms with Crippen molar-refractivity contribution in [2.24, 2.45) is 0 Å². The number of pyridine rings is 1. The van der Waals surface area contributed by atoms with E-state index in [0.29, 0.717) is 5.69 Å². The summed E-state index contributed by atoms with van der Waals surface area (Å²) < 4.78 is 49.2. The molecule has 2 rings (SSSR count). The highest BCUT2D eigenvalue weighted by atomic mass is 32.2. The lowest BCUT2D eigenvalue weighted by Crippen LogP contribution is -2.28. The molecule has 20 heavy (non-hydrogen) atoms. The number of aryl methyl sites for hydroxylation is 1. The standard InChI is InChI=1S/C10H9F3N4O2S/c11-10(12,13)20(19)6-5-17-9(18)16(7-15-17)8-1-3-14-4-2-8/h1-4,7H,5-6H2. The van der Waals surface area contributed by atoms with Crippen molar-refractivity contribution in [2.45, 2.75) is 12.1 Å². The first-order valence-corrected chi connectivity index (χ1v) is 6.71. The lowest BCUT2D eigenvalue weighted by Gasteiger charge is -2.05. The van der Waals surface area contributed by atoms with Crippen LogP contribution in [0.15, 0.2) is 35.6 Å². The number of hydrogen-bond acceptors (Lipinski definition) is 4. The Kier molecular flexibility index (Phi) is 4.02. The molecule has 0 saturated carbocycles. The Morgan fingerprint density at radius 3 is 2.50 bits per heavy atom. The van der Waals surface area contributed by atoms with Gasteiger partial charge in [-0.05, 0) is 12.1 Å². The Hall–Kier alpha value is -1.97. The zero-order valence-corrected chi connectivity index (χ0v) is 10.8. The summed E-state index contributed by atoms with van der Waals surface area (Å²) in [5.41, 5.74) is -4.89. The highest BCUT2D eigenvalue weighted by Gasteiger charge is 2.36. The van der Waals surface area contributed by atoms with Crippen molar-refractivity contribution >= 4 is 10.8 Å². The molecule has 2 heterocycles. The van der Waals surface area contributed by atoms with Crippen molar-refractivity contribution in [2.75, 3.05) is 5.75 Å². The molecule has 0 amide bonds. The molecule has 2 aromatic heterocycles. The number of aromatic nitrogens is 4. The third kappa shape index (κ3) is 3.13. The van der Waals surface area contributed by atoms with Crippen molar-refractivity contribution in [1.82, 2.24) is 19.3 Å². The van der Waals surface area contributed by atoms with Gasteiger partial charge < -0.3 is 0 Å². The van der Waals surface area contributed by atoms with E-state index in [1.807, 2.05) is 0 Å². The molecule has 0 N–H and O–H groups in total. The van der Waals surface area contributed by atoms with Crippen LogP contribution in [0.3, 0.4) is 0 Å². The highest BCUT2D eigenvalue weighted by molar-refractivity contribution is 7.85. The summed E-state index contributed by atoms with van der Waals surface area (Å²) in [7, 11) is -3.00. The summed E-state index contributed by atoms with van der Waals surface area (Å²) in [5.74, 6) is -0.712. The molecule has 2 aromatic rings. The first kappa shape index (κ1) is 14.4. The van der Waals surface area contributed by atoms with E-state index < -0.39 is 27.8 Å². The molecule has 108 valence electrons. The summed E-state index contributed by atoms with van der Waals surface area (Å²) in [6.07, 6.45) is 4.13. The smallest absolute Gasteiger partial charge is 0.265 e. The molecule has 0 fully saturated rings. The second kappa shape index (κ2) is 5.57. The van der Waals surface area contributed by atoms with Crippen molar-refractivity contribution in [3.8, 4) is 5.69 Å². The van der Waals surface area contributed by atoms with Gasteiger partial charge in [0, 0.05) is 12.4 Å². The molecule has 6 nitrogen and oxygen atoms in total. The molecule has 10 heteroatoms. The zero-order valence-electron chi connectivity index (χ0n) is 9.95. The fraction of sp³-hybridized carbons (Fsp3) is 0.300. The van der Waals surface area contributed by atoms with Crippen molar-refractivity contribution < 1.29 is 17.4 Å². The predicted molar refractivity (Wildman–Crippen MR) is 64.7 cm³/mol. The molecule has 0 aliphatic rings. The van der Waals surface area contributed by atoms with Gasteiger partial charge in [0.2, 0.25) is 0 Å². The van der Waals surface area contributed by atoms with Crippen LogP contribution in [0.25, 0.3) is 5.69 Å². The Bertz CT molecular complexity index is 665. The molecule has 1 atom stereocenters. The van der Waals surface area contributed by atoms with Crippen molar-refractivity contribution in [1.29, 1.82) is 0 Å². The molecular weight excluding hydrogens is 297 g/mol. The summed E-state index contributed by atoms with van der Waals surface area (Å²) in [4.78, 5) is 15.7. The second-order valence-corrected chi connectivity index (χ2v) is 5.27. The van der Waals surface area contributed by atoms with Crippen LogP contribution in [0.2, 0.25) is 0 Å². The van der Waals surface area contributed by atoms with Crippen LogP contribution in [-0.4, -0.2) is 34.8 Å². The van der Waals surface area contributed by atoms with Gasteiger partial charge in [0.05, 0.1) is 18.0 Å².